The van der Waals surface area contributed by atoms with E-state index in [1.54, 1.807) is 18.5 Å². The van der Waals surface area contributed by atoms with Gasteiger partial charge in [-0.1, -0.05) is 12.1 Å². The number of aliphatic hydroxyl groups is 1. The van der Waals surface area contributed by atoms with Gasteiger partial charge in [0.1, 0.15) is 17.2 Å². The fourth-order valence-electron chi connectivity index (χ4n) is 3.03. The van der Waals surface area contributed by atoms with Crippen LogP contribution in [-0.4, -0.2) is 31.8 Å². The topological polar surface area (TPSA) is 80.0 Å². The molecule has 2 N–H and O–H groups in total. The molecule has 25 heavy (non-hydrogen) atoms. The van der Waals surface area contributed by atoms with Crippen molar-refractivity contribution in [2.24, 2.45) is 0 Å². The van der Waals surface area contributed by atoms with Crippen LogP contribution in [0.4, 0.5) is 5.69 Å². The number of anilines is 1. The Morgan fingerprint density at radius 2 is 2.16 bits per heavy atom. The second kappa shape index (κ2) is 6.25. The molecule has 0 aliphatic carbocycles. The summed E-state index contributed by atoms with van der Waals surface area (Å²) >= 11 is 1.50. The fraction of sp³-hybridized carbons (Fsp3) is 0.167. The van der Waals surface area contributed by atoms with Crippen LogP contribution in [0.1, 0.15) is 12.2 Å². The Hall–Kier alpha value is -2.80. The van der Waals surface area contributed by atoms with Gasteiger partial charge in [-0.05, 0) is 24.5 Å². The highest BCUT2D eigenvalue weighted by Crippen LogP contribution is 2.31. The second-order valence-electron chi connectivity index (χ2n) is 5.68. The summed E-state index contributed by atoms with van der Waals surface area (Å²) in [5.41, 5.74) is 2.67. The van der Waals surface area contributed by atoms with Crippen LogP contribution < -0.4 is 5.32 Å². The lowest BCUT2D eigenvalue weighted by atomic mass is 10.1. The molecule has 0 spiro atoms. The van der Waals surface area contributed by atoms with E-state index >= 15 is 0 Å². The van der Waals surface area contributed by atoms with E-state index in [0.717, 1.165) is 15.9 Å². The zero-order valence-corrected chi connectivity index (χ0v) is 14.4. The molecule has 0 atom stereocenters. The lowest BCUT2D eigenvalue weighted by molar-refractivity contribution is -0.111. The molecule has 1 aromatic carbocycles. The molecular weight excluding hydrogens is 336 g/mol. The number of benzene rings is 1. The van der Waals surface area contributed by atoms with Crippen LogP contribution in [0.2, 0.25) is 0 Å². The van der Waals surface area contributed by atoms with Gasteiger partial charge in [-0.25, -0.2) is 4.98 Å². The smallest absolute Gasteiger partial charge is 0.262 e. The molecular formula is C18H16N4O2S. The SMILES string of the molecule is CSc1cnccc1NC(=O)C1=C(O)CCn2c1nc1ccccc12. The highest BCUT2D eigenvalue weighted by atomic mass is 32.2. The van der Waals surface area contributed by atoms with Crippen molar-refractivity contribution in [3.63, 3.8) is 0 Å². The maximum absolute atomic E-state index is 12.9. The maximum Gasteiger partial charge on any atom is 0.262 e. The number of hydrogen-bond acceptors (Lipinski definition) is 5. The largest absolute Gasteiger partial charge is 0.511 e. The van der Waals surface area contributed by atoms with E-state index < -0.39 is 0 Å². The first-order valence-electron chi connectivity index (χ1n) is 7.86. The second-order valence-corrected chi connectivity index (χ2v) is 6.53. The van der Waals surface area contributed by atoms with Crippen LogP contribution in [0.25, 0.3) is 16.6 Å². The average Bonchev–Trinajstić information content (AvgIpc) is 3.00. The van der Waals surface area contributed by atoms with Crippen molar-refractivity contribution in [3.05, 3.63) is 54.3 Å². The van der Waals surface area contributed by atoms with Crippen molar-refractivity contribution in [3.8, 4) is 0 Å². The van der Waals surface area contributed by atoms with E-state index in [0.29, 0.717) is 24.5 Å². The highest BCUT2D eigenvalue weighted by molar-refractivity contribution is 7.98. The minimum atomic E-state index is -0.366. The van der Waals surface area contributed by atoms with Gasteiger partial charge in [0.2, 0.25) is 0 Å². The summed E-state index contributed by atoms with van der Waals surface area (Å²) in [5, 5.41) is 13.2. The number of para-hydroxylation sites is 2. The normalized spacial score (nSPS) is 13.8. The van der Waals surface area contributed by atoms with Crippen molar-refractivity contribution in [1.82, 2.24) is 14.5 Å². The molecule has 1 amide bonds. The average molecular weight is 352 g/mol. The minimum absolute atomic E-state index is 0.0695. The van der Waals surface area contributed by atoms with Crippen LogP contribution >= 0.6 is 11.8 Å². The summed E-state index contributed by atoms with van der Waals surface area (Å²) in [5.74, 6) is 0.206. The molecule has 0 bridgehead atoms. The molecule has 1 aliphatic heterocycles. The zero-order chi connectivity index (χ0) is 17.4. The predicted molar refractivity (Wildman–Crippen MR) is 98.5 cm³/mol. The number of fused-ring (bicyclic) bond motifs is 3. The zero-order valence-electron chi connectivity index (χ0n) is 13.6. The summed E-state index contributed by atoms with van der Waals surface area (Å²) < 4.78 is 1.98. The van der Waals surface area contributed by atoms with Gasteiger partial charge in [-0.3, -0.25) is 9.78 Å². The number of imidazole rings is 1. The van der Waals surface area contributed by atoms with Crippen molar-refractivity contribution in [1.29, 1.82) is 0 Å². The van der Waals surface area contributed by atoms with E-state index in [1.807, 2.05) is 35.1 Å². The number of allylic oxidation sites excluding steroid dienone is 1. The molecule has 0 fully saturated rings. The molecule has 1 aliphatic rings. The number of aromatic nitrogens is 3. The summed E-state index contributed by atoms with van der Waals surface area (Å²) in [6, 6.07) is 9.47. The first kappa shape index (κ1) is 15.7. The van der Waals surface area contributed by atoms with Gasteiger partial charge >= 0.3 is 0 Å². The molecule has 2 aromatic heterocycles. The number of carbonyl (C=O) groups is 1. The van der Waals surface area contributed by atoms with Crippen molar-refractivity contribution < 1.29 is 9.90 Å². The molecule has 0 unspecified atom stereocenters. The number of aliphatic hydroxyl groups excluding tert-OH is 1. The van der Waals surface area contributed by atoms with Crippen LogP contribution in [0, 0.1) is 0 Å². The van der Waals surface area contributed by atoms with Gasteiger partial charge in [0.15, 0.2) is 0 Å². The first-order chi connectivity index (χ1) is 12.2. The summed E-state index contributed by atoms with van der Waals surface area (Å²) in [7, 11) is 0. The molecule has 0 saturated heterocycles. The lowest BCUT2D eigenvalue weighted by Gasteiger charge is -2.19. The van der Waals surface area contributed by atoms with Crippen molar-refractivity contribution >= 4 is 40.0 Å². The fourth-order valence-corrected chi connectivity index (χ4v) is 3.53. The van der Waals surface area contributed by atoms with Crippen LogP contribution in [-0.2, 0) is 11.3 Å². The summed E-state index contributed by atoms with van der Waals surface area (Å²) in [4.78, 5) is 22.4. The van der Waals surface area contributed by atoms with Crippen molar-refractivity contribution in [2.75, 3.05) is 11.6 Å². The van der Waals surface area contributed by atoms with E-state index in [4.69, 9.17) is 0 Å². The molecule has 6 nitrogen and oxygen atoms in total. The molecule has 7 heteroatoms. The third-order valence-corrected chi connectivity index (χ3v) is 4.98. The maximum atomic E-state index is 12.9. The Labute approximate surface area is 148 Å². The highest BCUT2D eigenvalue weighted by Gasteiger charge is 2.28. The summed E-state index contributed by atoms with van der Waals surface area (Å²) in [6.45, 7) is 0.601. The van der Waals surface area contributed by atoms with Gasteiger partial charge in [0, 0.05) is 30.3 Å². The van der Waals surface area contributed by atoms with Gasteiger partial charge in [0.05, 0.1) is 16.7 Å². The quantitative estimate of drug-likeness (QED) is 0.706. The number of nitrogens with zero attached hydrogens (tertiary/aromatic N) is 3. The molecule has 4 rings (SSSR count). The number of nitrogens with one attached hydrogen (secondary N) is 1. The van der Waals surface area contributed by atoms with Crippen molar-refractivity contribution in [2.45, 2.75) is 17.9 Å². The Balaban J connectivity index is 1.76. The third kappa shape index (κ3) is 2.66. The summed E-state index contributed by atoms with van der Waals surface area (Å²) in [6.07, 6.45) is 5.65. The number of pyridine rings is 1. The predicted octanol–water partition coefficient (Wildman–Crippen LogP) is 3.46. The number of aryl methyl sites for hydroxylation is 1. The molecule has 3 aromatic rings. The number of thioether (sulfide) groups is 1. The Bertz CT molecular complexity index is 1010. The molecule has 0 saturated carbocycles. The van der Waals surface area contributed by atoms with Crippen LogP contribution in [0.15, 0.2) is 53.4 Å². The Kier molecular flexibility index (Phi) is 3.93. The standard InChI is InChI=1S/C18H16N4O2S/c1-25-15-10-19-8-6-12(15)21-18(24)16-14(23)7-9-22-13-5-3-2-4-11(13)20-17(16)22/h2-6,8,10,23H,7,9H2,1H3,(H,19,21,24). The van der Waals surface area contributed by atoms with E-state index in [-0.39, 0.29) is 17.2 Å². The van der Waals surface area contributed by atoms with Gasteiger partial charge in [-0.2, -0.15) is 0 Å². The van der Waals surface area contributed by atoms with E-state index in [9.17, 15) is 9.90 Å². The third-order valence-electron chi connectivity index (χ3n) is 4.22. The molecule has 3 heterocycles. The van der Waals surface area contributed by atoms with Crippen LogP contribution in [0.3, 0.4) is 0 Å². The van der Waals surface area contributed by atoms with E-state index in [2.05, 4.69) is 15.3 Å². The van der Waals surface area contributed by atoms with Crippen LogP contribution in [0.5, 0.6) is 0 Å². The van der Waals surface area contributed by atoms with Gasteiger partial charge < -0.3 is 15.0 Å². The monoisotopic (exact) mass is 352 g/mol. The minimum Gasteiger partial charge on any atom is -0.511 e. The molecule has 0 radical (unpaired) electrons. The number of carbonyl (C=O) groups excluding carboxylic acids is 1. The van der Waals surface area contributed by atoms with E-state index in [1.165, 1.54) is 11.8 Å². The van der Waals surface area contributed by atoms with Gasteiger partial charge in [0.25, 0.3) is 5.91 Å². The Morgan fingerprint density at radius 3 is 3.00 bits per heavy atom. The first-order valence-corrected chi connectivity index (χ1v) is 9.08. The number of rotatable bonds is 3. The van der Waals surface area contributed by atoms with Gasteiger partial charge in [-0.15, -0.1) is 11.8 Å². The number of hydrogen-bond donors (Lipinski definition) is 2. The Morgan fingerprint density at radius 1 is 1.32 bits per heavy atom. The number of amides is 1. The molecule has 126 valence electrons. The lowest BCUT2D eigenvalue weighted by Crippen LogP contribution is -2.22.